The molecular formula is C20H27F3IN5O. The molecule has 166 valence electrons. The summed E-state index contributed by atoms with van der Waals surface area (Å²) < 4.78 is 38.9. The van der Waals surface area contributed by atoms with Crippen molar-refractivity contribution in [3.05, 3.63) is 59.8 Å². The fourth-order valence-electron chi connectivity index (χ4n) is 2.62. The molecule has 1 unspecified atom stereocenters. The Morgan fingerprint density at radius 1 is 1.10 bits per heavy atom. The lowest BCUT2D eigenvalue weighted by molar-refractivity contribution is -0.137. The number of rotatable bonds is 9. The van der Waals surface area contributed by atoms with Crippen LogP contribution in [0.5, 0.6) is 0 Å². The van der Waals surface area contributed by atoms with Gasteiger partial charge in [0.15, 0.2) is 5.96 Å². The van der Waals surface area contributed by atoms with Gasteiger partial charge in [-0.05, 0) is 31.0 Å². The van der Waals surface area contributed by atoms with Gasteiger partial charge in [-0.3, -0.25) is 4.99 Å². The maximum Gasteiger partial charge on any atom is 0.419 e. The van der Waals surface area contributed by atoms with E-state index >= 15 is 0 Å². The molecule has 0 spiro atoms. The highest BCUT2D eigenvalue weighted by Crippen LogP contribution is 2.33. The Hall–Kier alpha value is -2.08. The Labute approximate surface area is 191 Å². The van der Waals surface area contributed by atoms with Gasteiger partial charge in [-0.1, -0.05) is 30.3 Å². The topological polar surface area (TPSA) is 81.6 Å². The van der Waals surface area contributed by atoms with E-state index in [1.54, 1.807) is 0 Å². The molecule has 0 saturated carbocycles. The summed E-state index contributed by atoms with van der Waals surface area (Å²) in [6.07, 6.45) is -3.29. The van der Waals surface area contributed by atoms with Gasteiger partial charge in [-0.2, -0.15) is 13.2 Å². The second-order valence-electron chi connectivity index (χ2n) is 6.23. The maximum absolute atomic E-state index is 13.0. The Morgan fingerprint density at radius 2 is 1.83 bits per heavy atom. The smallest absolute Gasteiger partial charge is 0.388 e. The van der Waals surface area contributed by atoms with E-state index < -0.39 is 17.8 Å². The van der Waals surface area contributed by atoms with E-state index in [1.165, 1.54) is 12.3 Å². The molecule has 1 aromatic carbocycles. The van der Waals surface area contributed by atoms with Crippen molar-refractivity contribution in [2.75, 3.05) is 31.5 Å². The molecule has 1 atom stereocenters. The number of pyridine rings is 1. The largest absolute Gasteiger partial charge is 0.419 e. The van der Waals surface area contributed by atoms with Crippen molar-refractivity contribution in [2.24, 2.45) is 4.99 Å². The number of alkyl halides is 3. The highest BCUT2D eigenvalue weighted by molar-refractivity contribution is 14.0. The molecule has 1 aromatic heterocycles. The SMILES string of the molecule is CCNC(=NCCC(O)c1ccccc1)NCCNc1ncccc1C(F)(F)F.I. The van der Waals surface area contributed by atoms with Gasteiger partial charge in [0.05, 0.1) is 11.7 Å². The molecule has 4 N–H and O–H groups in total. The zero-order valence-electron chi connectivity index (χ0n) is 16.6. The minimum Gasteiger partial charge on any atom is -0.388 e. The number of aromatic nitrogens is 1. The van der Waals surface area contributed by atoms with Crippen LogP contribution in [0.15, 0.2) is 53.7 Å². The third-order valence-corrected chi connectivity index (χ3v) is 4.02. The van der Waals surface area contributed by atoms with E-state index in [1.807, 2.05) is 37.3 Å². The van der Waals surface area contributed by atoms with Crippen LogP contribution in [0.1, 0.15) is 30.6 Å². The lowest BCUT2D eigenvalue weighted by Crippen LogP contribution is -2.39. The molecule has 1 heterocycles. The standard InChI is InChI=1S/C20H26F3N5O.HI/c1-2-24-19(27-12-10-17(29)15-7-4-3-5-8-15)28-14-13-26-18-16(20(21,22)23)9-6-11-25-18;/h3-9,11,17,29H,2,10,12-14H2,1H3,(H,25,26)(H2,24,27,28);1H. The Bertz CT molecular complexity index is 775. The summed E-state index contributed by atoms with van der Waals surface area (Å²) >= 11 is 0. The van der Waals surface area contributed by atoms with Crippen LogP contribution in [0.3, 0.4) is 0 Å². The van der Waals surface area contributed by atoms with Gasteiger partial charge in [0.25, 0.3) is 0 Å². The van der Waals surface area contributed by atoms with E-state index in [0.29, 0.717) is 32.0 Å². The molecule has 0 radical (unpaired) electrons. The van der Waals surface area contributed by atoms with E-state index in [0.717, 1.165) is 11.6 Å². The first-order chi connectivity index (χ1) is 13.9. The maximum atomic E-state index is 13.0. The molecule has 2 rings (SSSR count). The van der Waals surface area contributed by atoms with E-state index in [2.05, 4.69) is 25.9 Å². The summed E-state index contributed by atoms with van der Waals surface area (Å²) in [5, 5.41) is 19.0. The summed E-state index contributed by atoms with van der Waals surface area (Å²) in [4.78, 5) is 8.15. The molecule has 30 heavy (non-hydrogen) atoms. The van der Waals surface area contributed by atoms with Gasteiger partial charge in [-0.15, -0.1) is 24.0 Å². The molecule has 0 fully saturated rings. The number of anilines is 1. The van der Waals surface area contributed by atoms with Gasteiger partial charge in [-0.25, -0.2) is 4.98 Å². The van der Waals surface area contributed by atoms with Crippen LogP contribution in [-0.2, 0) is 6.18 Å². The number of hydrogen-bond acceptors (Lipinski definition) is 4. The quantitative estimate of drug-likeness (QED) is 0.169. The van der Waals surface area contributed by atoms with Crippen LogP contribution < -0.4 is 16.0 Å². The third-order valence-electron chi connectivity index (χ3n) is 4.02. The van der Waals surface area contributed by atoms with Crippen molar-refractivity contribution in [3.8, 4) is 0 Å². The number of nitrogens with one attached hydrogen (secondary N) is 3. The fraction of sp³-hybridized carbons (Fsp3) is 0.400. The van der Waals surface area contributed by atoms with Crippen molar-refractivity contribution in [1.82, 2.24) is 15.6 Å². The zero-order valence-corrected chi connectivity index (χ0v) is 18.9. The molecule has 10 heteroatoms. The summed E-state index contributed by atoms with van der Waals surface area (Å²) in [6, 6.07) is 11.6. The van der Waals surface area contributed by atoms with Gasteiger partial charge in [0.1, 0.15) is 5.82 Å². The monoisotopic (exact) mass is 537 g/mol. The highest BCUT2D eigenvalue weighted by atomic mass is 127. The number of guanidine groups is 1. The molecule has 2 aromatic rings. The van der Waals surface area contributed by atoms with Crippen molar-refractivity contribution < 1.29 is 18.3 Å². The molecule has 0 aliphatic rings. The number of aliphatic hydroxyl groups excluding tert-OH is 1. The number of halogens is 4. The second kappa shape index (κ2) is 13.3. The van der Waals surface area contributed by atoms with Crippen LogP contribution in [0, 0.1) is 0 Å². The average molecular weight is 537 g/mol. The molecule has 0 bridgehead atoms. The van der Waals surface area contributed by atoms with Crippen LogP contribution >= 0.6 is 24.0 Å². The Kier molecular flexibility index (Phi) is 11.5. The fourth-order valence-corrected chi connectivity index (χ4v) is 2.62. The summed E-state index contributed by atoms with van der Waals surface area (Å²) in [5.41, 5.74) is 0.0381. The Balaban J connectivity index is 0.00000450. The predicted octanol–water partition coefficient (Wildman–Crippen LogP) is 3.81. The van der Waals surface area contributed by atoms with E-state index in [4.69, 9.17) is 0 Å². The lowest BCUT2D eigenvalue weighted by Gasteiger charge is -2.15. The van der Waals surface area contributed by atoms with Gasteiger partial charge in [0, 0.05) is 32.4 Å². The second-order valence-corrected chi connectivity index (χ2v) is 6.23. The van der Waals surface area contributed by atoms with Crippen molar-refractivity contribution >= 4 is 35.8 Å². The zero-order chi connectivity index (χ0) is 21.1. The highest BCUT2D eigenvalue weighted by Gasteiger charge is 2.33. The van der Waals surface area contributed by atoms with E-state index in [9.17, 15) is 18.3 Å². The Morgan fingerprint density at radius 3 is 2.50 bits per heavy atom. The summed E-state index contributed by atoms with van der Waals surface area (Å²) in [7, 11) is 0. The van der Waals surface area contributed by atoms with Crippen LogP contribution in [0.2, 0.25) is 0 Å². The van der Waals surface area contributed by atoms with Gasteiger partial charge >= 0.3 is 6.18 Å². The summed E-state index contributed by atoms with van der Waals surface area (Å²) in [5.74, 6) is 0.335. The molecule has 0 aliphatic heterocycles. The summed E-state index contributed by atoms with van der Waals surface area (Å²) in [6.45, 7) is 3.53. The predicted molar refractivity (Wildman–Crippen MR) is 123 cm³/mol. The third kappa shape index (κ3) is 8.74. The molecule has 0 amide bonds. The van der Waals surface area contributed by atoms with Crippen LogP contribution in [0.25, 0.3) is 0 Å². The number of aliphatic imine (C=N–C) groups is 1. The molecule has 0 aliphatic carbocycles. The number of aliphatic hydroxyl groups is 1. The number of nitrogens with zero attached hydrogens (tertiary/aromatic N) is 2. The van der Waals surface area contributed by atoms with Crippen molar-refractivity contribution in [3.63, 3.8) is 0 Å². The molecule has 6 nitrogen and oxygen atoms in total. The van der Waals surface area contributed by atoms with Crippen molar-refractivity contribution in [1.29, 1.82) is 0 Å². The minimum absolute atomic E-state index is 0. The first-order valence-electron chi connectivity index (χ1n) is 9.43. The first-order valence-corrected chi connectivity index (χ1v) is 9.43. The van der Waals surface area contributed by atoms with Crippen molar-refractivity contribution in [2.45, 2.75) is 25.6 Å². The van der Waals surface area contributed by atoms with Crippen LogP contribution in [0.4, 0.5) is 19.0 Å². The van der Waals surface area contributed by atoms with Crippen LogP contribution in [-0.4, -0.2) is 42.2 Å². The van der Waals surface area contributed by atoms with Gasteiger partial charge in [0.2, 0.25) is 0 Å². The molecular weight excluding hydrogens is 510 g/mol. The normalized spacial score (nSPS) is 12.6. The molecule has 0 saturated heterocycles. The number of benzene rings is 1. The minimum atomic E-state index is -4.46. The lowest BCUT2D eigenvalue weighted by atomic mass is 10.1. The van der Waals surface area contributed by atoms with E-state index in [-0.39, 0.29) is 36.3 Å². The van der Waals surface area contributed by atoms with Gasteiger partial charge < -0.3 is 21.1 Å². The average Bonchev–Trinajstić information content (AvgIpc) is 2.71. The first kappa shape index (κ1) is 26.0. The number of hydrogen-bond donors (Lipinski definition) is 4.